The molecule has 0 aromatic heterocycles. The van der Waals surface area contributed by atoms with Crippen molar-refractivity contribution in [1.82, 2.24) is 0 Å². The van der Waals surface area contributed by atoms with Crippen molar-refractivity contribution in [1.29, 1.82) is 0 Å². The third-order valence-corrected chi connectivity index (χ3v) is 3.91. The molecule has 2 aromatic carbocycles. The Bertz CT molecular complexity index is 692. The van der Waals surface area contributed by atoms with Gasteiger partial charge in [0.05, 0.1) is 25.5 Å². The van der Waals surface area contributed by atoms with Gasteiger partial charge in [0.25, 0.3) is 0 Å². The quantitative estimate of drug-likeness (QED) is 0.856. The average molecular weight is 326 g/mol. The lowest BCUT2D eigenvalue weighted by atomic mass is 10.2. The highest BCUT2D eigenvalue weighted by molar-refractivity contribution is 5.86. The third-order valence-electron chi connectivity index (χ3n) is 3.91. The standard InChI is InChI=1S/C19H22N2O3/c1-2-24-18-5-3-4-15(19(18)22)14-20-16-6-8-17(9-7-16)21-10-12-23-13-11-21/h3-9,14,22H,2,10-13H2,1H3. The molecular weight excluding hydrogens is 304 g/mol. The van der Waals surface area contributed by atoms with E-state index in [0.717, 1.165) is 32.0 Å². The number of morpholine rings is 1. The van der Waals surface area contributed by atoms with Crippen molar-refractivity contribution in [3.8, 4) is 11.5 Å². The molecule has 1 heterocycles. The Morgan fingerprint density at radius 1 is 1.17 bits per heavy atom. The summed E-state index contributed by atoms with van der Waals surface area (Å²) < 4.78 is 10.8. The molecule has 0 radical (unpaired) electrons. The summed E-state index contributed by atoms with van der Waals surface area (Å²) in [4.78, 5) is 6.74. The summed E-state index contributed by atoms with van der Waals surface area (Å²) in [7, 11) is 0. The maximum Gasteiger partial charge on any atom is 0.166 e. The number of nitrogens with zero attached hydrogens (tertiary/aromatic N) is 2. The lowest BCUT2D eigenvalue weighted by Gasteiger charge is -2.28. The summed E-state index contributed by atoms with van der Waals surface area (Å²) in [5.41, 5.74) is 2.66. The normalized spacial score (nSPS) is 15.0. The van der Waals surface area contributed by atoms with E-state index in [2.05, 4.69) is 22.0 Å². The van der Waals surface area contributed by atoms with Crippen LogP contribution in [0.3, 0.4) is 0 Å². The van der Waals surface area contributed by atoms with Crippen molar-refractivity contribution >= 4 is 17.6 Å². The molecule has 0 bridgehead atoms. The van der Waals surface area contributed by atoms with Crippen LogP contribution in [0.5, 0.6) is 11.5 Å². The fourth-order valence-electron chi connectivity index (χ4n) is 2.63. The first-order valence-corrected chi connectivity index (χ1v) is 8.19. The minimum absolute atomic E-state index is 0.119. The fraction of sp³-hybridized carbons (Fsp3) is 0.316. The van der Waals surface area contributed by atoms with E-state index in [1.54, 1.807) is 12.3 Å². The number of phenols is 1. The van der Waals surface area contributed by atoms with E-state index in [4.69, 9.17) is 9.47 Å². The van der Waals surface area contributed by atoms with Gasteiger partial charge in [-0.3, -0.25) is 4.99 Å². The fourth-order valence-corrected chi connectivity index (χ4v) is 2.63. The minimum atomic E-state index is 0.119. The van der Waals surface area contributed by atoms with E-state index in [1.165, 1.54) is 5.69 Å². The van der Waals surface area contributed by atoms with E-state index in [0.29, 0.717) is 17.9 Å². The molecule has 2 aromatic rings. The Morgan fingerprint density at radius 3 is 2.62 bits per heavy atom. The summed E-state index contributed by atoms with van der Waals surface area (Å²) in [6.07, 6.45) is 1.65. The summed E-state index contributed by atoms with van der Waals surface area (Å²) in [6, 6.07) is 13.5. The number of aromatic hydroxyl groups is 1. The molecule has 0 aliphatic carbocycles. The third kappa shape index (κ3) is 3.86. The van der Waals surface area contributed by atoms with Crippen molar-refractivity contribution in [2.45, 2.75) is 6.92 Å². The zero-order valence-corrected chi connectivity index (χ0v) is 13.8. The highest BCUT2D eigenvalue weighted by Crippen LogP contribution is 2.29. The first kappa shape index (κ1) is 16.3. The van der Waals surface area contributed by atoms with Gasteiger partial charge in [-0.25, -0.2) is 0 Å². The van der Waals surface area contributed by atoms with Crippen LogP contribution in [0.15, 0.2) is 47.5 Å². The van der Waals surface area contributed by atoms with Gasteiger partial charge in [-0.05, 0) is 43.3 Å². The van der Waals surface area contributed by atoms with Crippen LogP contribution in [0.1, 0.15) is 12.5 Å². The SMILES string of the molecule is CCOc1cccc(C=Nc2ccc(N3CCOCC3)cc2)c1O. The van der Waals surface area contributed by atoms with Crippen LogP contribution in [-0.4, -0.2) is 44.2 Å². The van der Waals surface area contributed by atoms with E-state index < -0.39 is 0 Å². The van der Waals surface area contributed by atoms with Crippen molar-refractivity contribution in [3.63, 3.8) is 0 Å². The van der Waals surface area contributed by atoms with Crippen LogP contribution in [0.25, 0.3) is 0 Å². The lowest BCUT2D eigenvalue weighted by molar-refractivity contribution is 0.122. The summed E-state index contributed by atoms with van der Waals surface area (Å²) >= 11 is 0. The Balaban J connectivity index is 1.71. The average Bonchev–Trinajstić information content (AvgIpc) is 2.64. The van der Waals surface area contributed by atoms with Crippen LogP contribution < -0.4 is 9.64 Å². The van der Waals surface area contributed by atoms with Gasteiger partial charge >= 0.3 is 0 Å². The number of aliphatic imine (C=N–C) groups is 1. The molecule has 1 fully saturated rings. The van der Waals surface area contributed by atoms with Gasteiger partial charge in [-0.2, -0.15) is 0 Å². The van der Waals surface area contributed by atoms with Crippen molar-refractivity contribution in [2.75, 3.05) is 37.8 Å². The second kappa shape index (κ2) is 7.84. The summed E-state index contributed by atoms with van der Waals surface area (Å²) in [6.45, 7) is 5.78. The molecule has 0 amide bonds. The van der Waals surface area contributed by atoms with Gasteiger partial charge in [0, 0.05) is 30.6 Å². The molecule has 0 saturated carbocycles. The molecule has 1 aliphatic rings. The molecule has 0 unspecified atom stereocenters. The maximum absolute atomic E-state index is 10.2. The largest absolute Gasteiger partial charge is 0.504 e. The van der Waals surface area contributed by atoms with E-state index in [1.807, 2.05) is 31.2 Å². The molecule has 126 valence electrons. The molecule has 24 heavy (non-hydrogen) atoms. The molecule has 0 spiro atoms. The Kier molecular flexibility index (Phi) is 5.33. The van der Waals surface area contributed by atoms with E-state index in [-0.39, 0.29) is 5.75 Å². The Morgan fingerprint density at radius 2 is 1.92 bits per heavy atom. The second-order valence-electron chi connectivity index (χ2n) is 5.50. The van der Waals surface area contributed by atoms with Crippen LogP contribution in [0.2, 0.25) is 0 Å². The molecule has 1 aliphatic heterocycles. The van der Waals surface area contributed by atoms with Crippen LogP contribution in [0, 0.1) is 0 Å². The molecule has 5 nitrogen and oxygen atoms in total. The van der Waals surface area contributed by atoms with Gasteiger partial charge in [0.2, 0.25) is 0 Å². The number of rotatable bonds is 5. The van der Waals surface area contributed by atoms with E-state index in [9.17, 15) is 5.11 Å². The van der Waals surface area contributed by atoms with Crippen LogP contribution in [-0.2, 0) is 4.74 Å². The zero-order valence-electron chi connectivity index (χ0n) is 13.8. The first-order chi connectivity index (χ1) is 11.8. The Labute approximate surface area is 142 Å². The number of ether oxygens (including phenoxy) is 2. The van der Waals surface area contributed by atoms with Gasteiger partial charge < -0.3 is 19.5 Å². The Hall–Kier alpha value is -2.53. The maximum atomic E-state index is 10.2. The molecule has 1 N–H and O–H groups in total. The van der Waals surface area contributed by atoms with Gasteiger partial charge in [-0.1, -0.05) is 6.07 Å². The van der Waals surface area contributed by atoms with E-state index >= 15 is 0 Å². The van der Waals surface area contributed by atoms with Crippen molar-refractivity contribution in [3.05, 3.63) is 48.0 Å². The van der Waals surface area contributed by atoms with Crippen molar-refractivity contribution < 1.29 is 14.6 Å². The first-order valence-electron chi connectivity index (χ1n) is 8.19. The number of benzene rings is 2. The summed E-state index contributed by atoms with van der Waals surface area (Å²) in [5, 5.41) is 10.2. The van der Waals surface area contributed by atoms with Gasteiger partial charge in [-0.15, -0.1) is 0 Å². The topological polar surface area (TPSA) is 54.3 Å². The predicted octanol–water partition coefficient (Wildman–Crippen LogP) is 3.38. The van der Waals surface area contributed by atoms with Crippen LogP contribution >= 0.6 is 0 Å². The highest BCUT2D eigenvalue weighted by Gasteiger charge is 2.10. The second-order valence-corrected chi connectivity index (χ2v) is 5.50. The monoisotopic (exact) mass is 326 g/mol. The smallest absolute Gasteiger partial charge is 0.166 e. The lowest BCUT2D eigenvalue weighted by Crippen LogP contribution is -2.36. The summed E-state index contributed by atoms with van der Waals surface area (Å²) in [5.74, 6) is 0.595. The number of hydrogen-bond acceptors (Lipinski definition) is 5. The number of phenolic OH excluding ortho intramolecular Hbond substituents is 1. The molecule has 5 heteroatoms. The van der Waals surface area contributed by atoms with Crippen molar-refractivity contribution in [2.24, 2.45) is 4.99 Å². The predicted molar refractivity (Wildman–Crippen MR) is 96.0 cm³/mol. The molecule has 1 saturated heterocycles. The number of anilines is 1. The zero-order chi connectivity index (χ0) is 16.8. The number of hydrogen-bond donors (Lipinski definition) is 1. The van der Waals surface area contributed by atoms with Gasteiger partial charge in [0.15, 0.2) is 11.5 Å². The molecule has 0 atom stereocenters. The molecule has 3 rings (SSSR count). The van der Waals surface area contributed by atoms with Gasteiger partial charge in [0.1, 0.15) is 0 Å². The highest BCUT2D eigenvalue weighted by atomic mass is 16.5. The molecular formula is C19H22N2O3. The van der Waals surface area contributed by atoms with Crippen LogP contribution in [0.4, 0.5) is 11.4 Å². The minimum Gasteiger partial charge on any atom is -0.504 e. The number of para-hydroxylation sites is 1.